The summed E-state index contributed by atoms with van der Waals surface area (Å²) in [6.45, 7) is 8.00. The fourth-order valence-corrected chi connectivity index (χ4v) is 2.55. The van der Waals surface area contributed by atoms with Gasteiger partial charge in [-0.2, -0.15) is 0 Å². The summed E-state index contributed by atoms with van der Waals surface area (Å²) in [7, 11) is 0. The first-order chi connectivity index (χ1) is 9.38. The molecule has 2 heterocycles. The van der Waals surface area contributed by atoms with E-state index in [1.807, 2.05) is 18.5 Å². The molecule has 2 rings (SSSR count). The number of nitrogens with two attached hydrogens (primary N) is 1. The van der Waals surface area contributed by atoms with Gasteiger partial charge in [0.25, 0.3) is 0 Å². The van der Waals surface area contributed by atoms with E-state index < -0.39 is 0 Å². The highest BCUT2D eigenvalue weighted by Crippen LogP contribution is 2.05. The number of unbranched alkanes of at least 4 members (excludes halogenated alkanes) is 1. The van der Waals surface area contributed by atoms with Gasteiger partial charge in [-0.1, -0.05) is 6.07 Å². The number of pyridine rings is 1. The van der Waals surface area contributed by atoms with Crippen LogP contribution in [0.1, 0.15) is 18.4 Å². The Kier molecular flexibility index (Phi) is 6.27. The van der Waals surface area contributed by atoms with Crippen LogP contribution in [0.4, 0.5) is 0 Å². The Hall–Kier alpha value is -0.970. The summed E-state index contributed by atoms with van der Waals surface area (Å²) < 4.78 is 0. The molecule has 1 saturated heterocycles. The molecule has 0 aromatic carbocycles. The lowest BCUT2D eigenvalue weighted by molar-refractivity contribution is 0.132. The average Bonchev–Trinajstić information content (AvgIpc) is 2.48. The van der Waals surface area contributed by atoms with Gasteiger partial charge in [-0.25, -0.2) is 0 Å². The van der Waals surface area contributed by atoms with Crippen LogP contribution in [0.25, 0.3) is 0 Å². The van der Waals surface area contributed by atoms with Crippen molar-refractivity contribution in [1.29, 1.82) is 0 Å². The molecule has 1 aliphatic rings. The largest absolute Gasteiger partial charge is 0.330 e. The monoisotopic (exact) mass is 262 g/mol. The zero-order valence-corrected chi connectivity index (χ0v) is 11.8. The maximum atomic E-state index is 5.53. The molecule has 0 aliphatic carbocycles. The number of nitrogens with zero attached hydrogens (tertiary/aromatic N) is 3. The zero-order valence-electron chi connectivity index (χ0n) is 11.8. The van der Waals surface area contributed by atoms with Gasteiger partial charge in [0.15, 0.2) is 0 Å². The molecule has 0 unspecified atom stereocenters. The van der Waals surface area contributed by atoms with Gasteiger partial charge in [0.1, 0.15) is 0 Å². The molecule has 0 spiro atoms. The molecule has 0 saturated carbocycles. The molecule has 0 atom stereocenters. The number of rotatable bonds is 7. The highest BCUT2D eigenvalue weighted by atomic mass is 15.3. The molecule has 19 heavy (non-hydrogen) atoms. The minimum Gasteiger partial charge on any atom is -0.330 e. The lowest BCUT2D eigenvalue weighted by Crippen LogP contribution is -2.47. The van der Waals surface area contributed by atoms with Gasteiger partial charge < -0.3 is 15.5 Å². The van der Waals surface area contributed by atoms with Crippen LogP contribution in [-0.4, -0.2) is 60.6 Å². The Morgan fingerprint density at radius 2 is 1.79 bits per heavy atom. The maximum Gasteiger partial charge on any atom is 0.0300 e. The molecule has 1 aromatic heterocycles. The Morgan fingerprint density at radius 1 is 1.05 bits per heavy atom. The number of piperazine rings is 1. The molecule has 4 heteroatoms. The van der Waals surface area contributed by atoms with Crippen LogP contribution in [-0.2, 0) is 6.42 Å². The summed E-state index contributed by atoms with van der Waals surface area (Å²) in [6.07, 6.45) is 7.32. The summed E-state index contributed by atoms with van der Waals surface area (Å²) in [6, 6.07) is 4.18. The minimum absolute atomic E-state index is 0.824. The molecule has 2 N–H and O–H groups in total. The van der Waals surface area contributed by atoms with Gasteiger partial charge in [0, 0.05) is 45.1 Å². The summed E-state index contributed by atoms with van der Waals surface area (Å²) in [5.74, 6) is 0. The SMILES string of the molecule is NCCCCN1CCN(CCc2cccnc2)CC1. The Morgan fingerprint density at radius 3 is 2.42 bits per heavy atom. The highest BCUT2D eigenvalue weighted by Gasteiger charge is 2.15. The standard InChI is InChI=1S/C15H26N4/c16-6-1-2-8-18-10-12-19(13-11-18)9-5-15-4-3-7-17-14-15/h3-4,7,14H,1-2,5-6,8-13,16H2. The molecule has 1 fully saturated rings. The maximum absolute atomic E-state index is 5.53. The van der Waals surface area contributed by atoms with E-state index in [1.54, 1.807) is 0 Å². The van der Waals surface area contributed by atoms with Crippen LogP contribution < -0.4 is 5.73 Å². The van der Waals surface area contributed by atoms with Gasteiger partial charge in [-0.15, -0.1) is 0 Å². The van der Waals surface area contributed by atoms with E-state index in [9.17, 15) is 0 Å². The van der Waals surface area contributed by atoms with Crippen LogP contribution in [0, 0.1) is 0 Å². The third kappa shape index (κ3) is 5.27. The first-order valence-corrected chi connectivity index (χ1v) is 7.42. The van der Waals surface area contributed by atoms with Crippen LogP contribution in [0.15, 0.2) is 24.5 Å². The van der Waals surface area contributed by atoms with E-state index in [1.165, 1.54) is 44.7 Å². The summed E-state index contributed by atoms with van der Waals surface area (Å²) in [5, 5.41) is 0. The fraction of sp³-hybridized carbons (Fsp3) is 0.667. The fourth-order valence-electron chi connectivity index (χ4n) is 2.55. The average molecular weight is 262 g/mol. The van der Waals surface area contributed by atoms with E-state index in [4.69, 9.17) is 5.73 Å². The first-order valence-electron chi connectivity index (χ1n) is 7.42. The van der Waals surface area contributed by atoms with E-state index in [-0.39, 0.29) is 0 Å². The van der Waals surface area contributed by atoms with E-state index in [0.29, 0.717) is 0 Å². The second kappa shape index (κ2) is 8.25. The van der Waals surface area contributed by atoms with E-state index in [2.05, 4.69) is 20.9 Å². The Bertz CT molecular complexity index is 333. The van der Waals surface area contributed by atoms with Crippen molar-refractivity contribution in [3.05, 3.63) is 30.1 Å². The van der Waals surface area contributed by atoms with Crippen molar-refractivity contribution >= 4 is 0 Å². The van der Waals surface area contributed by atoms with Crippen LogP contribution >= 0.6 is 0 Å². The third-order valence-corrected chi connectivity index (χ3v) is 3.83. The van der Waals surface area contributed by atoms with Crippen molar-refractivity contribution in [2.24, 2.45) is 5.73 Å². The summed E-state index contributed by atoms with van der Waals surface area (Å²) in [5.41, 5.74) is 6.87. The van der Waals surface area contributed by atoms with Crippen molar-refractivity contribution in [2.75, 3.05) is 45.8 Å². The lowest BCUT2D eigenvalue weighted by Gasteiger charge is -2.34. The predicted molar refractivity (Wildman–Crippen MR) is 79.1 cm³/mol. The quantitative estimate of drug-likeness (QED) is 0.744. The van der Waals surface area contributed by atoms with Crippen molar-refractivity contribution in [1.82, 2.24) is 14.8 Å². The Labute approximate surface area is 116 Å². The molecule has 0 amide bonds. The molecule has 0 bridgehead atoms. The predicted octanol–water partition coefficient (Wildman–Crippen LogP) is 0.981. The molecule has 0 radical (unpaired) electrons. The van der Waals surface area contributed by atoms with Gasteiger partial charge in [-0.05, 0) is 44.0 Å². The molecule has 1 aromatic rings. The topological polar surface area (TPSA) is 45.4 Å². The number of hydrogen-bond acceptors (Lipinski definition) is 4. The smallest absolute Gasteiger partial charge is 0.0300 e. The minimum atomic E-state index is 0.824. The second-order valence-electron chi connectivity index (χ2n) is 5.29. The van der Waals surface area contributed by atoms with Crippen molar-refractivity contribution in [3.63, 3.8) is 0 Å². The van der Waals surface area contributed by atoms with Crippen molar-refractivity contribution < 1.29 is 0 Å². The van der Waals surface area contributed by atoms with Crippen molar-refractivity contribution in [2.45, 2.75) is 19.3 Å². The molecular weight excluding hydrogens is 236 g/mol. The van der Waals surface area contributed by atoms with Crippen LogP contribution in [0.5, 0.6) is 0 Å². The number of hydrogen-bond donors (Lipinski definition) is 1. The van der Waals surface area contributed by atoms with Gasteiger partial charge >= 0.3 is 0 Å². The van der Waals surface area contributed by atoms with E-state index in [0.717, 1.165) is 25.9 Å². The third-order valence-electron chi connectivity index (χ3n) is 3.83. The van der Waals surface area contributed by atoms with Gasteiger partial charge in [0.2, 0.25) is 0 Å². The van der Waals surface area contributed by atoms with Gasteiger partial charge in [0.05, 0.1) is 0 Å². The summed E-state index contributed by atoms with van der Waals surface area (Å²) >= 11 is 0. The first kappa shape index (κ1) is 14.4. The Balaban J connectivity index is 1.61. The van der Waals surface area contributed by atoms with Crippen molar-refractivity contribution in [3.8, 4) is 0 Å². The summed E-state index contributed by atoms with van der Waals surface area (Å²) in [4.78, 5) is 9.29. The zero-order chi connectivity index (χ0) is 13.3. The normalized spacial score (nSPS) is 17.7. The van der Waals surface area contributed by atoms with Crippen LogP contribution in [0.3, 0.4) is 0 Å². The van der Waals surface area contributed by atoms with Gasteiger partial charge in [-0.3, -0.25) is 4.98 Å². The number of aromatic nitrogens is 1. The molecule has 106 valence electrons. The molecule has 4 nitrogen and oxygen atoms in total. The molecule has 1 aliphatic heterocycles. The highest BCUT2D eigenvalue weighted by molar-refractivity contribution is 5.08. The second-order valence-corrected chi connectivity index (χ2v) is 5.29. The molecular formula is C15H26N4. The lowest BCUT2D eigenvalue weighted by atomic mass is 10.2. The van der Waals surface area contributed by atoms with Crippen LogP contribution in [0.2, 0.25) is 0 Å². The van der Waals surface area contributed by atoms with E-state index >= 15 is 0 Å².